The first kappa shape index (κ1) is 22.4. The van der Waals surface area contributed by atoms with Gasteiger partial charge in [0.05, 0.1) is 6.07 Å². The lowest BCUT2D eigenvalue weighted by Gasteiger charge is -2.26. The number of unbranched alkanes of at least 4 members (excludes halogenated alkanes) is 7. The van der Waals surface area contributed by atoms with Gasteiger partial charge in [-0.05, 0) is 19.3 Å². The third-order valence-corrected chi connectivity index (χ3v) is 6.49. The number of hydrogen-bond acceptors (Lipinski definition) is 3. The third-order valence-electron chi connectivity index (χ3n) is 4.38. The predicted molar refractivity (Wildman–Crippen MR) is 97.7 cm³/mol. The Balaban J connectivity index is 4.64. The summed E-state index contributed by atoms with van der Waals surface area (Å²) >= 11 is 0. The van der Waals surface area contributed by atoms with Crippen molar-refractivity contribution >= 4 is 10.0 Å². The molecule has 4 nitrogen and oxygen atoms in total. The monoisotopic (exact) mass is 344 g/mol. The Hall–Kier alpha value is -0.600. The van der Waals surface area contributed by atoms with E-state index >= 15 is 0 Å². The van der Waals surface area contributed by atoms with E-state index in [0.29, 0.717) is 19.4 Å². The summed E-state index contributed by atoms with van der Waals surface area (Å²) in [5.74, 6) is 0. The van der Waals surface area contributed by atoms with Gasteiger partial charge in [-0.2, -0.15) is 5.26 Å². The number of sulfonamides is 1. The fourth-order valence-electron chi connectivity index (χ4n) is 2.77. The third kappa shape index (κ3) is 8.17. The van der Waals surface area contributed by atoms with Gasteiger partial charge in [-0.1, -0.05) is 78.6 Å². The van der Waals surface area contributed by atoms with E-state index in [-0.39, 0.29) is 0 Å². The molecule has 1 N–H and O–H groups in total. The van der Waals surface area contributed by atoms with Crippen LogP contribution in [0.4, 0.5) is 0 Å². The van der Waals surface area contributed by atoms with Crippen LogP contribution in [-0.4, -0.2) is 19.7 Å². The van der Waals surface area contributed by atoms with Crippen LogP contribution in [-0.2, 0) is 10.0 Å². The highest BCUT2D eigenvalue weighted by Crippen LogP contribution is 2.30. The van der Waals surface area contributed by atoms with Crippen LogP contribution in [0.25, 0.3) is 0 Å². The van der Waals surface area contributed by atoms with Gasteiger partial charge in [0.2, 0.25) is 10.0 Å². The van der Waals surface area contributed by atoms with Crippen molar-refractivity contribution in [3.8, 4) is 6.07 Å². The minimum absolute atomic E-state index is 0.412. The summed E-state index contributed by atoms with van der Waals surface area (Å²) in [6.07, 6.45) is 11.3. The Morgan fingerprint density at radius 3 is 1.87 bits per heavy atom. The van der Waals surface area contributed by atoms with Crippen molar-refractivity contribution in [3.05, 3.63) is 0 Å². The quantitative estimate of drug-likeness (QED) is 0.429. The van der Waals surface area contributed by atoms with E-state index in [2.05, 4.69) is 17.7 Å². The molecule has 0 fully saturated rings. The second-order valence-electron chi connectivity index (χ2n) is 6.48. The predicted octanol–water partition coefficient (Wildman–Crippen LogP) is 4.91. The van der Waals surface area contributed by atoms with Crippen molar-refractivity contribution in [1.82, 2.24) is 4.72 Å². The van der Waals surface area contributed by atoms with Crippen molar-refractivity contribution in [2.45, 2.75) is 103 Å². The van der Waals surface area contributed by atoms with Crippen LogP contribution < -0.4 is 4.72 Å². The van der Waals surface area contributed by atoms with Crippen molar-refractivity contribution in [1.29, 1.82) is 5.26 Å². The molecule has 1 unspecified atom stereocenters. The molecular formula is C18H36N2O2S. The summed E-state index contributed by atoms with van der Waals surface area (Å²) in [6, 6.07) is 2.16. The molecule has 0 spiro atoms. The molecule has 0 aromatic carbocycles. The van der Waals surface area contributed by atoms with Crippen LogP contribution in [0.3, 0.4) is 0 Å². The van der Waals surface area contributed by atoms with Gasteiger partial charge in [0.1, 0.15) is 0 Å². The average molecular weight is 345 g/mol. The van der Waals surface area contributed by atoms with Gasteiger partial charge in [0.25, 0.3) is 0 Å². The van der Waals surface area contributed by atoms with E-state index in [4.69, 9.17) is 0 Å². The lowest BCUT2D eigenvalue weighted by atomic mass is 9.95. The number of nitrogens with one attached hydrogen (secondary N) is 1. The van der Waals surface area contributed by atoms with E-state index in [1.165, 1.54) is 25.7 Å². The average Bonchev–Trinajstić information content (AvgIpc) is 2.55. The summed E-state index contributed by atoms with van der Waals surface area (Å²) in [5.41, 5.74) is 0. The van der Waals surface area contributed by atoms with Crippen LogP contribution in [0.5, 0.6) is 0 Å². The number of hydrogen-bond donors (Lipinski definition) is 1. The molecule has 136 valence electrons. The second kappa shape index (κ2) is 12.8. The molecule has 5 heteroatoms. The summed E-state index contributed by atoms with van der Waals surface area (Å²) in [4.78, 5) is 0. The minimum Gasteiger partial charge on any atom is -0.214 e. The highest BCUT2D eigenvalue weighted by Gasteiger charge is 2.42. The van der Waals surface area contributed by atoms with Crippen LogP contribution in [0.1, 0.15) is 97.8 Å². The van der Waals surface area contributed by atoms with Crippen molar-refractivity contribution < 1.29 is 8.42 Å². The van der Waals surface area contributed by atoms with Crippen molar-refractivity contribution in [3.63, 3.8) is 0 Å². The molecule has 1 atom stereocenters. The number of rotatable bonds is 15. The molecule has 0 aliphatic carbocycles. The zero-order valence-electron chi connectivity index (χ0n) is 15.4. The van der Waals surface area contributed by atoms with Gasteiger partial charge in [-0.3, -0.25) is 0 Å². The molecule has 0 heterocycles. The maximum Gasteiger partial charge on any atom is 0.230 e. The lowest BCUT2D eigenvalue weighted by Crippen LogP contribution is -2.45. The smallest absolute Gasteiger partial charge is 0.214 e. The van der Waals surface area contributed by atoms with E-state index in [0.717, 1.165) is 38.5 Å². The van der Waals surface area contributed by atoms with Crippen LogP contribution in [0, 0.1) is 11.3 Å². The summed E-state index contributed by atoms with van der Waals surface area (Å²) in [6.45, 7) is 6.57. The maximum atomic E-state index is 12.6. The van der Waals surface area contributed by atoms with Crippen molar-refractivity contribution in [2.75, 3.05) is 6.54 Å². The SMILES string of the molecule is CCCCCCCCCC(C#N)(CCCC)S(=O)(=O)NCCC. The molecule has 0 aliphatic heterocycles. The summed E-state index contributed by atoms with van der Waals surface area (Å²) in [5, 5.41) is 9.64. The Kier molecular flexibility index (Phi) is 12.4. The molecule has 0 bridgehead atoms. The zero-order chi connectivity index (χ0) is 17.6. The fourth-order valence-corrected chi connectivity index (χ4v) is 4.47. The van der Waals surface area contributed by atoms with Gasteiger partial charge < -0.3 is 0 Å². The maximum absolute atomic E-state index is 12.6. The first-order valence-corrected chi connectivity index (χ1v) is 10.9. The van der Waals surface area contributed by atoms with Crippen LogP contribution in [0.2, 0.25) is 0 Å². The molecule has 0 saturated heterocycles. The van der Waals surface area contributed by atoms with Crippen LogP contribution in [0.15, 0.2) is 0 Å². The van der Waals surface area contributed by atoms with Gasteiger partial charge in [0.15, 0.2) is 4.75 Å². The first-order valence-electron chi connectivity index (χ1n) is 9.40. The second-order valence-corrected chi connectivity index (χ2v) is 8.56. The van der Waals surface area contributed by atoms with E-state index in [1.54, 1.807) is 0 Å². The number of nitrogens with zero attached hydrogens (tertiary/aromatic N) is 1. The molecule has 0 radical (unpaired) electrons. The summed E-state index contributed by atoms with van der Waals surface area (Å²) in [7, 11) is -3.58. The standard InChI is InChI=1S/C18H36N2O2S/c1-4-7-9-10-11-12-13-15-18(17-19,14-8-5-2)23(21,22)20-16-6-3/h20H,4-16H2,1-3H3. The van der Waals surface area contributed by atoms with Crippen LogP contribution >= 0.6 is 0 Å². The lowest BCUT2D eigenvalue weighted by molar-refractivity contribution is 0.469. The molecule has 0 amide bonds. The highest BCUT2D eigenvalue weighted by atomic mass is 32.2. The van der Waals surface area contributed by atoms with Gasteiger partial charge >= 0.3 is 0 Å². The Labute approximate surface area is 144 Å². The highest BCUT2D eigenvalue weighted by molar-refractivity contribution is 7.91. The largest absolute Gasteiger partial charge is 0.230 e. The molecule has 0 saturated carbocycles. The topological polar surface area (TPSA) is 70.0 Å². The molecule has 0 aromatic heterocycles. The van der Waals surface area contributed by atoms with Gasteiger partial charge in [0, 0.05) is 6.54 Å². The summed E-state index contributed by atoms with van der Waals surface area (Å²) < 4.78 is 26.6. The Bertz CT molecular complexity index is 429. The molecule has 0 rings (SSSR count). The van der Waals surface area contributed by atoms with E-state index in [9.17, 15) is 13.7 Å². The first-order chi connectivity index (χ1) is 11.0. The molecule has 0 aromatic rings. The van der Waals surface area contributed by atoms with Crippen molar-refractivity contribution in [2.24, 2.45) is 0 Å². The fraction of sp³-hybridized carbons (Fsp3) is 0.944. The Morgan fingerprint density at radius 2 is 1.35 bits per heavy atom. The molecule has 0 aliphatic rings. The zero-order valence-corrected chi connectivity index (χ0v) is 16.2. The Morgan fingerprint density at radius 1 is 0.826 bits per heavy atom. The number of nitriles is 1. The normalized spacial score (nSPS) is 14.3. The molecular weight excluding hydrogens is 308 g/mol. The minimum atomic E-state index is -3.58. The van der Waals surface area contributed by atoms with E-state index < -0.39 is 14.8 Å². The molecule has 23 heavy (non-hydrogen) atoms. The van der Waals surface area contributed by atoms with E-state index in [1.807, 2.05) is 13.8 Å². The van der Waals surface area contributed by atoms with Gasteiger partial charge in [-0.25, -0.2) is 13.1 Å². The van der Waals surface area contributed by atoms with Gasteiger partial charge in [-0.15, -0.1) is 0 Å².